The number of hydrogen-bond donors (Lipinski definition) is 0. The molecule has 0 bridgehead atoms. The highest BCUT2D eigenvalue weighted by atomic mass is 79.9. The van der Waals surface area contributed by atoms with Crippen LogP contribution in [-0.2, 0) is 6.42 Å². The van der Waals surface area contributed by atoms with Gasteiger partial charge in [-0.3, -0.25) is 0 Å². The third kappa shape index (κ3) is 7.25. The van der Waals surface area contributed by atoms with Crippen molar-refractivity contribution in [1.82, 2.24) is 8.75 Å². The summed E-state index contributed by atoms with van der Waals surface area (Å²) in [5.41, 5.74) is 2.95. The van der Waals surface area contributed by atoms with Crippen LogP contribution in [0.5, 0.6) is 0 Å². The molecule has 0 unspecified atom stereocenters. The molecule has 162 valence electrons. The number of halogens is 2. The number of benzene rings is 1. The number of aryl methyl sites for hydroxylation is 1. The molecule has 0 aliphatic rings. The minimum atomic E-state index is 0.916. The van der Waals surface area contributed by atoms with E-state index in [1.165, 1.54) is 92.1 Å². The summed E-state index contributed by atoms with van der Waals surface area (Å²) in [4.78, 5) is 2.80. The highest BCUT2D eigenvalue weighted by molar-refractivity contribution is 9.11. The highest BCUT2D eigenvalue weighted by Crippen LogP contribution is 2.33. The minimum absolute atomic E-state index is 0.916. The predicted molar refractivity (Wildman–Crippen MR) is 142 cm³/mol. The van der Waals surface area contributed by atoms with E-state index in [-0.39, 0.29) is 0 Å². The molecular weight excluding hydrogens is 540 g/mol. The van der Waals surface area contributed by atoms with Crippen LogP contribution in [0.3, 0.4) is 0 Å². The van der Waals surface area contributed by atoms with Crippen LogP contribution in [0.1, 0.15) is 86.4 Å². The standard InChI is InChI=1S/C24H30Br2N2S2/c1-2-3-4-5-6-7-8-9-10-11-12-19-15-16-20(29-19)14-13-18-17-21(25)23-24(22(18)26)28-30-27-23/h13-17H,2-12H2,1H3/b14-13+. The van der Waals surface area contributed by atoms with E-state index in [0.29, 0.717) is 0 Å². The Morgan fingerprint density at radius 3 is 2.23 bits per heavy atom. The molecular formula is C24H30Br2N2S2. The van der Waals surface area contributed by atoms with Crippen molar-refractivity contribution in [2.75, 3.05) is 0 Å². The van der Waals surface area contributed by atoms with Crippen molar-refractivity contribution in [1.29, 1.82) is 0 Å². The molecule has 0 radical (unpaired) electrons. The van der Waals surface area contributed by atoms with Gasteiger partial charge in [-0.15, -0.1) is 11.3 Å². The summed E-state index contributed by atoms with van der Waals surface area (Å²) in [5, 5.41) is 0. The van der Waals surface area contributed by atoms with Crippen LogP contribution in [0, 0.1) is 0 Å². The summed E-state index contributed by atoms with van der Waals surface area (Å²) in [6, 6.07) is 6.62. The maximum Gasteiger partial charge on any atom is 0.120 e. The van der Waals surface area contributed by atoms with Crippen LogP contribution in [0.25, 0.3) is 23.2 Å². The molecule has 2 aromatic heterocycles. The molecule has 3 aromatic rings. The van der Waals surface area contributed by atoms with Gasteiger partial charge >= 0.3 is 0 Å². The van der Waals surface area contributed by atoms with Crippen LogP contribution in [-0.4, -0.2) is 8.75 Å². The first-order valence-corrected chi connectivity index (χ1v) is 14.2. The molecule has 30 heavy (non-hydrogen) atoms. The zero-order valence-electron chi connectivity index (χ0n) is 17.6. The number of fused-ring (bicyclic) bond motifs is 1. The molecule has 0 aliphatic heterocycles. The van der Waals surface area contributed by atoms with E-state index in [1.54, 1.807) is 0 Å². The Hall–Kier alpha value is -0.560. The third-order valence-electron chi connectivity index (χ3n) is 5.34. The minimum Gasteiger partial charge on any atom is -0.172 e. The molecule has 0 aliphatic carbocycles. The molecule has 0 saturated heterocycles. The van der Waals surface area contributed by atoms with Crippen LogP contribution < -0.4 is 0 Å². The SMILES string of the molecule is CCCCCCCCCCCCc1ccc(/C=C/c2cc(Br)c3nsnc3c2Br)s1. The van der Waals surface area contributed by atoms with Gasteiger partial charge in [-0.1, -0.05) is 70.8 Å². The number of thiophene rings is 1. The molecule has 3 rings (SSSR count). The van der Waals surface area contributed by atoms with Crippen molar-refractivity contribution in [3.8, 4) is 0 Å². The van der Waals surface area contributed by atoms with E-state index in [1.807, 2.05) is 11.3 Å². The maximum atomic E-state index is 4.40. The summed E-state index contributed by atoms with van der Waals surface area (Å²) in [7, 11) is 0. The molecule has 2 heterocycles. The van der Waals surface area contributed by atoms with Gasteiger partial charge in [-0.25, -0.2) is 0 Å². The van der Waals surface area contributed by atoms with Gasteiger partial charge in [0.25, 0.3) is 0 Å². The fourth-order valence-corrected chi connectivity index (χ4v) is 6.40. The van der Waals surface area contributed by atoms with Gasteiger partial charge in [0, 0.05) is 14.2 Å². The second-order valence-corrected chi connectivity index (χ2v) is 11.2. The average molecular weight is 570 g/mol. The summed E-state index contributed by atoms with van der Waals surface area (Å²) in [6.07, 6.45) is 19.5. The first kappa shape index (κ1) is 24.1. The molecule has 0 amide bonds. The van der Waals surface area contributed by atoms with E-state index in [4.69, 9.17) is 0 Å². The zero-order chi connectivity index (χ0) is 21.2. The topological polar surface area (TPSA) is 25.8 Å². The Morgan fingerprint density at radius 2 is 1.50 bits per heavy atom. The monoisotopic (exact) mass is 568 g/mol. The van der Waals surface area contributed by atoms with Crippen molar-refractivity contribution in [3.63, 3.8) is 0 Å². The second kappa shape index (κ2) is 13.1. The smallest absolute Gasteiger partial charge is 0.120 e. The lowest BCUT2D eigenvalue weighted by molar-refractivity contribution is 0.557. The molecule has 2 nitrogen and oxygen atoms in total. The van der Waals surface area contributed by atoms with Gasteiger partial charge in [0.2, 0.25) is 0 Å². The molecule has 0 atom stereocenters. The van der Waals surface area contributed by atoms with Gasteiger partial charge in [0.1, 0.15) is 11.0 Å². The van der Waals surface area contributed by atoms with Gasteiger partial charge in [-0.2, -0.15) is 8.75 Å². The molecule has 0 saturated carbocycles. The third-order valence-corrected chi connectivity index (χ3v) is 8.42. The van der Waals surface area contributed by atoms with Gasteiger partial charge in [-0.05, 0) is 74.5 Å². The lowest BCUT2D eigenvalue weighted by Crippen LogP contribution is -1.84. The summed E-state index contributed by atoms with van der Waals surface area (Å²) in [6.45, 7) is 2.28. The van der Waals surface area contributed by atoms with Crippen LogP contribution in [0.4, 0.5) is 0 Å². The van der Waals surface area contributed by atoms with E-state index in [0.717, 1.165) is 25.5 Å². The van der Waals surface area contributed by atoms with E-state index < -0.39 is 0 Å². The van der Waals surface area contributed by atoms with Crippen molar-refractivity contribution >= 4 is 78.1 Å². The zero-order valence-corrected chi connectivity index (χ0v) is 22.4. The van der Waals surface area contributed by atoms with Crippen molar-refractivity contribution in [2.24, 2.45) is 0 Å². The second-order valence-electron chi connectivity index (χ2n) is 7.79. The number of unbranched alkanes of at least 4 members (excludes halogenated alkanes) is 9. The lowest BCUT2D eigenvalue weighted by atomic mass is 10.1. The quantitative estimate of drug-likeness (QED) is 0.191. The molecule has 0 fully saturated rings. The van der Waals surface area contributed by atoms with Crippen molar-refractivity contribution in [3.05, 3.63) is 42.5 Å². The largest absolute Gasteiger partial charge is 0.172 e. The van der Waals surface area contributed by atoms with Crippen molar-refractivity contribution in [2.45, 2.75) is 77.6 Å². The highest BCUT2D eigenvalue weighted by Gasteiger charge is 2.11. The number of hydrogen-bond acceptors (Lipinski definition) is 4. The lowest BCUT2D eigenvalue weighted by Gasteiger charge is -2.02. The fraction of sp³-hybridized carbons (Fsp3) is 0.500. The van der Waals surface area contributed by atoms with Gasteiger partial charge in [0.15, 0.2) is 0 Å². The van der Waals surface area contributed by atoms with Crippen molar-refractivity contribution < 1.29 is 0 Å². The van der Waals surface area contributed by atoms with Crippen LogP contribution in [0.15, 0.2) is 27.1 Å². The number of aromatic nitrogens is 2. The first-order chi connectivity index (χ1) is 14.7. The number of nitrogens with zero attached hydrogens (tertiary/aromatic N) is 2. The number of rotatable bonds is 13. The Morgan fingerprint density at radius 1 is 0.833 bits per heavy atom. The Balaban J connectivity index is 1.40. The average Bonchev–Trinajstić information content (AvgIpc) is 3.41. The predicted octanol–water partition coefficient (Wildman–Crippen LogP) is 9.91. The molecule has 0 spiro atoms. The van der Waals surface area contributed by atoms with E-state index >= 15 is 0 Å². The van der Waals surface area contributed by atoms with E-state index in [9.17, 15) is 0 Å². The Bertz CT molecular complexity index is 946. The first-order valence-electron chi connectivity index (χ1n) is 11.1. The normalized spacial score (nSPS) is 11.8. The summed E-state index contributed by atoms with van der Waals surface area (Å²) < 4.78 is 10.7. The van der Waals surface area contributed by atoms with Crippen LogP contribution >= 0.6 is 54.9 Å². The summed E-state index contributed by atoms with van der Waals surface area (Å²) >= 11 is 10.4. The van der Waals surface area contributed by atoms with E-state index in [2.05, 4.69) is 77.9 Å². The molecule has 1 aromatic carbocycles. The maximum absolute atomic E-state index is 4.40. The molecule has 6 heteroatoms. The Labute approximate surface area is 205 Å². The van der Waals surface area contributed by atoms with Gasteiger partial charge in [0.05, 0.1) is 16.2 Å². The molecule has 0 N–H and O–H groups in total. The van der Waals surface area contributed by atoms with Crippen LogP contribution in [0.2, 0.25) is 0 Å². The Kier molecular flexibility index (Phi) is 10.5. The fourth-order valence-electron chi connectivity index (χ4n) is 3.59. The van der Waals surface area contributed by atoms with Gasteiger partial charge < -0.3 is 0 Å². The summed E-state index contributed by atoms with van der Waals surface area (Å²) in [5.74, 6) is 0.